The lowest BCUT2D eigenvalue weighted by Crippen LogP contribution is -2.28. The summed E-state index contributed by atoms with van der Waals surface area (Å²) in [5, 5.41) is 17.6. The second-order valence-corrected chi connectivity index (χ2v) is 19.8. The van der Waals surface area contributed by atoms with Crippen molar-refractivity contribution in [3.05, 3.63) is 11.9 Å². The Morgan fingerprint density at radius 2 is 0.800 bits per heavy atom. The number of aryl methyl sites for hydroxylation is 1. The zero-order chi connectivity index (χ0) is 47.1. The van der Waals surface area contributed by atoms with Crippen LogP contribution >= 0.6 is 0 Å². The van der Waals surface area contributed by atoms with Crippen molar-refractivity contribution < 1.29 is 24.2 Å². The van der Waals surface area contributed by atoms with Crippen LogP contribution < -0.4 is 0 Å². The quantitative estimate of drug-likeness (QED) is 0.0509. The lowest BCUT2D eigenvalue weighted by molar-refractivity contribution is -0.151. The van der Waals surface area contributed by atoms with Crippen molar-refractivity contribution in [3.63, 3.8) is 0 Å². The molecule has 0 radical (unpaired) electrons. The van der Waals surface area contributed by atoms with Crippen LogP contribution in [0.4, 0.5) is 0 Å². The monoisotopic (exact) mass is 917 g/mol. The molecule has 9 nitrogen and oxygen atoms in total. The molecule has 1 aromatic rings. The molecule has 9 heteroatoms. The maximum atomic E-state index is 12.9. The highest BCUT2D eigenvalue weighted by atomic mass is 16.5. The van der Waals surface area contributed by atoms with Crippen LogP contribution in [0.5, 0.6) is 0 Å². The highest BCUT2D eigenvalue weighted by Gasteiger charge is 2.16. The molecule has 0 aromatic carbocycles. The van der Waals surface area contributed by atoms with Crippen LogP contribution in [0.15, 0.2) is 6.20 Å². The van der Waals surface area contributed by atoms with Gasteiger partial charge in [0.15, 0.2) is 0 Å². The number of carbonyl (C=O) groups excluding carboxylic acids is 2. The largest absolute Gasteiger partial charge is 0.462 e. The van der Waals surface area contributed by atoms with Crippen LogP contribution in [-0.2, 0) is 32.2 Å². The van der Waals surface area contributed by atoms with Crippen LogP contribution in [0.25, 0.3) is 0 Å². The summed E-state index contributed by atoms with van der Waals surface area (Å²) in [5.41, 5.74) is 0.616. The second kappa shape index (κ2) is 47.1. The van der Waals surface area contributed by atoms with Gasteiger partial charge in [-0.25, -0.2) is 0 Å². The van der Waals surface area contributed by atoms with Crippen molar-refractivity contribution in [1.29, 1.82) is 0 Å². The summed E-state index contributed by atoms with van der Waals surface area (Å²) >= 11 is 0. The summed E-state index contributed by atoms with van der Waals surface area (Å²) in [5.74, 6) is 0.0330. The summed E-state index contributed by atoms with van der Waals surface area (Å²) in [6, 6.07) is 0. The van der Waals surface area contributed by atoms with Gasteiger partial charge in [-0.1, -0.05) is 200 Å². The number of unbranched alkanes of at least 4 members (excludes halogenated alkanes) is 28. The molecule has 0 saturated carbocycles. The van der Waals surface area contributed by atoms with Gasteiger partial charge in [-0.15, -0.1) is 5.10 Å². The lowest BCUT2D eigenvalue weighted by Gasteiger charge is -2.22. The third-order valence-corrected chi connectivity index (χ3v) is 13.4. The molecule has 1 N–H and O–H groups in total. The first-order chi connectivity index (χ1) is 31.9. The average molecular weight is 918 g/mol. The number of hydrogen-bond acceptors (Lipinski definition) is 8. The summed E-state index contributed by atoms with van der Waals surface area (Å²) in [6.07, 6.45) is 50.0. The number of aliphatic hydroxyl groups excluding tert-OH is 1. The Balaban J connectivity index is 2.43. The zero-order valence-electron chi connectivity index (χ0n) is 43.6. The van der Waals surface area contributed by atoms with Gasteiger partial charge in [-0.2, -0.15) is 0 Å². The van der Waals surface area contributed by atoms with E-state index < -0.39 is 0 Å². The Morgan fingerprint density at radius 3 is 1.15 bits per heavy atom. The average Bonchev–Trinajstić information content (AvgIpc) is 3.77. The molecule has 0 aliphatic carbocycles. The van der Waals surface area contributed by atoms with E-state index in [1.165, 1.54) is 180 Å². The summed E-state index contributed by atoms with van der Waals surface area (Å²) in [7, 11) is 0. The van der Waals surface area contributed by atoms with Crippen molar-refractivity contribution in [1.82, 2.24) is 19.9 Å². The fraction of sp³-hybridized carbons (Fsp3) is 0.929. The maximum absolute atomic E-state index is 12.9. The number of ether oxygens (including phenoxy) is 2. The Labute approximate surface area is 402 Å². The first-order valence-electron chi connectivity index (χ1n) is 28.6. The van der Waals surface area contributed by atoms with Crippen molar-refractivity contribution in [2.75, 3.05) is 19.6 Å². The highest BCUT2D eigenvalue weighted by molar-refractivity contribution is 5.69. The van der Waals surface area contributed by atoms with E-state index in [1.807, 2.05) is 10.9 Å². The van der Waals surface area contributed by atoms with Crippen LogP contribution in [0.1, 0.15) is 297 Å². The van der Waals surface area contributed by atoms with E-state index in [1.54, 1.807) is 0 Å². The first kappa shape index (κ1) is 61.0. The van der Waals surface area contributed by atoms with E-state index in [0.717, 1.165) is 96.8 Å². The molecule has 0 fully saturated rings. The summed E-state index contributed by atoms with van der Waals surface area (Å²) in [6.45, 7) is 13.0. The minimum absolute atomic E-state index is 0.0165. The Bertz CT molecular complexity index is 1070. The molecule has 0 aliphatic heterocycles. The standard InChI is InChI=1S/C56H108N4O5/c1-5-9-13-17-23-31-40-53(41-32-24-18-14-10-6-2)64-55(62)44-35-27-21-29-37-46-59(48-39-49-60-50-52(51-61)57-58-60)47-38-30-22-28-36-45-56(63)65-54(42-33-25-19-15-11-7-3)43-34-26-20-16-12-8-4/h50,53-54,61H,5-49,51H2,1-4H3. The third-order valence-electron chi connectivity index (χ3n) is 13.4. The van der Waals surface area contributed by atoms with Crippen molar-refractivity contribution in [3.8, 4) is 0 Å². The smallest absolute Gasteiger partial charge is 0.306 e. The van der Waals surface area contributed by atoms with Crippen LogP contribution in [0.2, 0.25) is 0 Å². The van der Waals surface area contributed by atoms with Crippen molar-refractivity contribution in [2.24, 2.45) is 0 Å². The molecule has 0 aliphatic rings. The number of rotatable bonds is 51. The molecule has 0 unspecified atom stereocenters. The molecular formula is C56H108N4O5. The molecule has 382 valence electrons. The molecule has 65 heavy (non-hydrogen) atoms. The molecule has 1 aromatic heterocycles. The van der Waals surface area contributed by atoms with Crippen molar-refractivity contribution in [2.45, 2.75) is 316 Å². The lowest BCUT2D eigenvalue weighted by atomic mass is 10.0. The van der Waals surface area contributed by atoms with Crippen LogP contribution in [0, 0.1) is 0 Å². The Hall–Kier alpha value is -2.00. The van der Waals surface area contributed by atoms with Crippen LogP contribution in [-0.4, -0.2) is 68.8 Å². The van der Waals surface area contributed by atoms with E-state index in [4.69, 9.17) is 9.47 Å². The number of aromatic nitrogens is 3. The van der Waals surface area contributed by atoms with Crippen LogP contribution in [0.3, 0.4) is 0 Å². The number of aliphatic hydroxyl groups is 1. The molecule has 0 bridgehead atoms. The fourth-order valence-corrected chi connectivity index (χ4v) is 9.21. The van der Waals surface area contributed by atoms with E-state index >= 15 is 0 Å². The number of carbonyl (C=O) groups is 2. The van der Waals surface area contributed by atoms with Gasteiger partial charge in [-0.05, 0) is 103 Å². The summed E-state index contributed by atoms with van der Waals surface area (Å²) in [4.78, 5) is 28.4. The predicted octanol–water partition coefficient (Wildman–Crippen LogP) is 16.0. The second-order valence-electron chi connectivity index (χ2n) is 19.8. The Kier molecular flexibility index (Phi) is 44.2. The first-order valence-corrected chi connectivity index (χ1v) is 28.6. The normalized spacial score (nSPS) is 11.8. The highest BCUT2D eigenvalue weighted by Crippen LogP contribution is 2.20. The topological polar surface area (TPSA) is 107 Å². The van der Waals surface area contributed by atoms with Gasteiger partial charge in [0.25, 0.3) is 0 Å². The van der Waals surface area contributed by atoms with Crippen molar-refractivity contribution >= 4 is 11.9 Å². The minimum Gasteiger partial charge on any atom is -0.462 e. The molecule has 0 saturated heterocycles. The summed E-state index contributed by atoms with van der Waals surface area (Å²) < 4.78 is 14.0. The zero-order valence-corrected chi connectivity index (χ0v) is 43.6. The van der Waals surface area contributed by atoms with E-state index in [9.17, 15) is 14.7 Å². The van der Waals surface area contributed by atoms with Gasteiger partial charge < -0.3 is 19.5 Å². The van der Waals surface area contributed by atoms with E-state index in [0.29, 0.717) is 18.5 Å². The van der Waals surface area contributed by atoms with Gasteiger partial charge in [0.05, 0.1) is 12.8 Å². The molecule has 0 atom stereocenters. The van der Waals surface area contributed by atoms with Gasteiger partial charge in [0.2, 0.25) is 0 Å². The van der Waals surface area contributed by atoms with E-state index in [-0.39, 0.29) is 30.8 Å². The third kappa shape index (κ3) is 39.7. The van der Waals surface area contributed by atoms with Gasteiger partial charge in [0.1, 0.15) is 17.9 Å². The van der Waals surface area contributed by atoms with E-state index in [2.05, 4.69) is 42.9 Å². The maximum Gasteiger partial charge on any atom is 0.306 e. The number of hydrogen-bond donors (Lipinski definition) is 1. The molecular weight excluding hydrogens is 809 g/mol. The predicted molar refractivity (Wildman–Crippen MR) is 274 cm³/mol. The van der Waals surface area contributed by atoms with Gasteiger partial charge >= 0.3 is 11.9 Å². The minimum atomic E-state index is -0.0768. The fourth-order valence-electron chi connectivity index (χ4n) is 9.21. The number of nitrogens with zero attached hydrogens (tertiary/aromatic N) is 4. The SMILES string of the molecule is CCCCCCCCC(CCCCCCCC)OC(=O)CCCCCCCN(CCCCCCCC(=O)OC(CCCCCCCC)CCCCCCCC)CCCn1cc(CO)nn1. The Morgan fingerprint density at radius 1 is 0.477 bits per heavy atom. The van der Waals surface area contributed by atoms with Gasteiger partial charge in [0, 0.05) is 19.4 Å². The molecule has 0 amide bonds. The molecule has 0 spiro atoms. The van der Waals surface area contributed by atoms with Gasteiger partial charge in [-0.3, -0.25) is 14.3 Å². The number of esters is 2. The molecule has 1 heterocycles. The molecule has 1 rings (SSSR count).